The summed E-state index contributed by atoms with van der Waals surface area (Å²) >= 11 is 0. The maximum atomic E-state index is 4.21. The minimum atomic E-state index is 0.699. The molecule has 0 amide bonds. The van der Waals surface area contributed by atoms with E-state index in [1.165, 1.54) is 0 Å². The van der Waals surface area contributed by atoms with Crippen LogP contribution in [-0.4, -0.2) is 16.1 Å². The SMILES string of the molecule is CC(C)CNCc1nccn1C. The Balaban J connectivity index is 2.29. The Morgan fingerprint density at radius 3 is 2.83 bits per heavy atom. The zero-order chi connectivity index (χ0) is 8.97. The van der Waals surface area contributed by atoms with Gasteiger partial charge in [-0.3, -0.25) is 0 Å². The van der Waals surface area contributed by atoms with E-state index in [1.54, 1.807) is 0 Å². The average molecular weight is 167 g/mol. The molecule has 12 heavy (non-hydrogen) atoms. The highest BCUT2D eigenvalue weighted by Gasteiger charge is 1.98. The Morgan fingerprint density at radius 2 is 2.33 bits per heavy atom. The number of rotatable bonds is 4. The van der Waals surface area contributed by atoms with Gasteiger partial charge in [0, 0.05) is 19.4 Å². The van der Waals surface area contributed by atoms with Crippen molar-refractivity contribution in [3.8, 4) is 0 Å². The van der Waals surface area contributed by atoms with Crippen molar-refractivity contribution in [2.24, 2.45) is 13.0 Å². The lowest BCUT2D eigenvalue weighted by atomic mass is 10.2. The van der Waals surface area contributed by atoms with Crippen LogP contribution in [0.3, 0.4) is 0 Å². The van der Waals surface area contributed by atoms with Gasteiger partial charge in [0.05, 0.1) is 6.54 Å². The van der Waals surface area contributed by atoms with Crippen LogP contribution in [0.25, 0.3) is 0 Å². The van der Waals surface area contributed by atoms with Gasteiger partial charge in [0.15, 0.2) is 0 Å². The normalized spacial score (nSPS) is 11.0. The maximum Gasteiger partial charge on any atom is 0.122 e. The molecule has 3 nitrogen and oxygen atoms in total. The lowest BCUT2D eigenvalue weighted by Gasteiger charge is -2.06. The van der Waals surface area contributed by atoms with E-state index in [-0.39, 0.29) is 0 Å². The van der Waals surface area contributed by atoms with E-state index >= 15 is 0 Å². The highest BCUT2D eigenvalue weighted by Crippen LogP contribution is 1.94. The van der Waals surface area contributed by atoms with Gasteiger partial charge in [0.25, 0.3) is 0 Å². The van der Waals surface area contributed by atoms with Crippen LogP contribution >= 0.6 is 0 Å². The van der Waals surface area contributed by atoms with E-state index in [0.717, 1.165) is 18.9 Å². The number of aryl methyl sites for hydroxylation is 1. The fourth-order valence-corrected chi connectivity index (χ4v) is 1.04. The van der Waals surface area contributed by atoms with Crippen LogP contribution in [0.15, 0.2) is 12.4 Å². The molecule has 0 aliphatic carbocycles. The minimum absolute atomic E-state index is 0.699. The molecule has 3 heteroatoms. The molecule has 1 aromatic heterocycles. The van der Waals surface area contributed by atoms with Gasteiger partial charge in [-0.15, -0.1) is 0 Å². The Kier molecular flexibility index (Phi) is 3.29. The van der Waals surface area contributed by atoms with Crippen molar-refractivity contribution in [1.29, 1.82) is 0 Å². The molecule has 0 atom stereocenters. The summed E-state index contributed by atoms with van der Waals surface area (Å²) in [5.41, 5.74) is 0. The van der Waals surface area contributed by atoms with Gasteiger partial charge in [-0.2, -0.15) is 0 Å². The molecule has 0 fully saturated rings. The maximum absolute atomic E-state index is 4.21. The van der Waals surface area contributed by atoms with Gasteiger partial charge in [-0.25, -0.2) is 4.98 Å². The van der Waals surface area contributed by atoms with Crippen LogP contribution in [-0.2, 0) is 13.6 Å². The van der Waals surface area contributed by atoms with Crippen molar-refractivity contribution >= 4 is 0 Å². The molecule has 0 unspecified atom stereocenters. The zero-order valence-corrected chi connectivity index (χ0v) is 8.04. The number of nitrogens with zero attached hydrogens (tertiary/aromatic N) is 2. The lowest BCUT2D eigenvalue weighted by molar-refractivity contribution is 0.537. The van der Waals surface area contributed by atoms with E-state index in [9.17, 15) is 0 Å². The Hall–Kier alpha value is -0.830. The number of aromatic nitrogens is 2. The summed E-state index contributed by atoms with van der Waals surface area (Å²) in [4.78, 5) is 4.21. The monoisotopic (exact) mass is 167 g/mol. The molecular weight excluding hydrogens is 150 g/mol. The van der Waals surface area contributed by atoms with Crippen molar-refractivity contribution in [2.45, 2.75) is 20.4 Å². The van der Waals surface area contributed by atoms with E-state index < -0.39 is 0 Å². The lowest BCUT2D eigenvalue weighted by Crippen LogP contribution is -2.20. The summed E-state index contributed by atoms with van der Waals surface area (Å²) in [6.07, 6.45) is 3.79. The second kappa shape index (κ2) is 4.26. The summed E-state index contributed by atoms with van der Waals surface area (Å²) in [5.74, 6) is 1.79. The Morgan fingerprint density at radius 1 is 1.58 bits per heavy atom. The predicted octanol–water partition coefficient (Wildman–Crippen LogP) is 1.17. The van der Waals surface area contributed by atoms with Gasteiger partial charge < -0.3 is 9.88 Å². The van der Waals surface area contributed by atoms with Crippen LogP contribution in [0, 0.1) is 5.92 Å². The molecular formula is C9H17N3. The molecule has 0 saturated heterocycles. The molecule has 1 aromatic rings. The first-order valence-corrected chi connectivity index (χ1v) is 4.37. The second-order valence-electron chi connectivity index (χ2n) is 3.48. The molecule has 0 aliphatic heterocycles. The summed E-state index contributed by atoms with van der Waals surface area (Å²) in [6.45, 7) is 6.31. The molecule has 0 bridgehead atoms. The quantitative estimate of drug-likeness (QED) is 0.729. The van der Waals surface area contributed by atoms with E-state index in [0.29, 0.717) is 5.92 Å². The zero-order valence-electron chi connectivity index (χ0n) is 8.04. The van der Waals surface area contributed by atoms with Crippen LogP contribution in [0.2, 0.25) is 0 Å². The smallest absolute Gasteiger partial charge is 0.122 e. The summed E-state index contributed by atoms with van der Waals surface area (Å²) in [5, 5.41) is 3.34. The van der Waals surface area contributed by atoms with Gasteiger partial charge in [-0.05, 0) is 12.5 Å². The number of hydrogen-bond acceptors (Lipinski definition) is 2. The topological polar surface area (TPSA) is 29.9 Å². The molecule has 0 saturated carbocycles. The van der Waals surface area contributed by atoms with Crippen LogP contribution in [0.1, 0.15) is 19.7 Å². The number of hydrogen-bond donors (Lipinski definition) is 1. The van der Waals surface area contributed by atoms with E-state index in [1.807, 2.05) is 24.0 Å². The van der Waals surface area contributed by atoms with Crippen LogP contribution in [0.4, 0.5) is 0 Å². The summed E-state index contributed by atoms with van der Waals surface area (Å²) < 4.78 is 2.04. The van der Waals surface area contributed by atoms with Gasteiger partial charge in [-0.1, -0.05) is 13.8 Å². The Bertz CT molecular complexity index is 227. The molecule has 0 aromatic carbocycles. The van der Waals surface area contributed by atoms with Gasteiger partial charge in [0.1, 0.15) is 5.82 Å². The van der Waals surface area contributed by atoms with Gasteiger partial charge >= 0.3 is 0 Å². The number of nitrogens with one attached hydrogen (secondary N) is 1. The average Bonchev–Trinajstić information content (AvgIpc) is 2.36. The molecule has 1 heterocycles. The van der Waals surface area contributed by atoms with Gasteiger partial charge in [0.2, 0.25) is 0 Å². The van der Waals surface area contributed by atoms with Crippen LogP contribution < -0.4 is 5.32 Å². The molecule has 1 rings (SSSR count). The Labute approximate surface area is 73.8 Å². The second-order valence-corrected chi connectivity index (χ2v) is 3.48. The summed E-state index contributed by atoms with van der Waals surface area (Å²) in [7, 11) is 2.01. The van der Waals surface area contributed by atoms with Crippen molar-refractivity contribution < 1.29 is 0 Å². The third-order valence-corrected chi connectivity index (χ3v) is 1.76. The standard InChI is InChI=1S/C9H17N3/c1-8(2)6-10-7-9-11-4-5-12(9)3/h4-5,8,10H,6-7H2,1-3H3. The van der Waals surface area contributed by atoms with Crippen LogP contribution in [0.5, 0.6) is 0 Å². The first-order valence-electron chi connectivity index (χ1n) is 4.37. The molecule has 1 N–H and O–H groups in total. The molecule has 68 valence electrons. The molecule has 0 radical (unpaired) electrons. The minimum Gasteiger partial charge on any atom is -0.337 e. The van der Waals surface area contributed by atoms with Crippen molar-refractivity contribution in [3.05, 3.63) is 18.2 Å². The van der Waals surface area contributed by atoms with Crippen molar-refractivity contribution in [1.82, 2.24) is 14.9 Å². The highest BCUT2D eigenvalue weighted by molar-refractivity contribution is 4.90. The van der Waals surface area contributed by atoms with E-state index in [4.69, 9.17) is 0 Å². The summed E-state index contributed by atoms with van der Waals surface area (Å²) in [6, 6.07) is 0. The fraction of sp³-hybridized carbons (Fsp3) is 0.667. The highest BCUT2D eigenvalue weighted by atomic mass is 15.1. The third kappa shape index (κ3) is 2.66. The van der Waals surface area contributed by atoms with Crippen molar-refractivity contribution in [3.63, 3.8) is 0 Å². The third-order valence-electron chi connectivity index (χ3n) is 1.76. The first kappa shape index (κ1) is 9.26. The molecule has 0 spiro atoms. The largest absolute Gasteiger partial charge is 0.337 e. The molecule has 0 aliphatic rings. The number of imidazole rings is 1. The van der Waals surface area contributed by atoms with Crippen molar-refractivity contribution in [2.75, 3.05) is 6.54 Å². The fourth-order valence-electron chi connectivity index (χ4n) is 1.04. The first-order chi connectivity index (χ1) is 5.70. The van der Waals surface area contributed by atoms with E-state index in [2.05, 4.69) is 24.1 Å². The predicted molar refractivity (Wildman–Crippen MR) is 49.8 cm³/mol.